The average molecular weight is 511 g/mol. The van der Waals surface area contributed by atoms with Crippen molar-refractivity contribution in [3.63, 3.8) is 0 Å². The Morgan fingerprint density at radius 2 is 1.66 bits per heavy atom. The zero-order chi connectivity index (χ0) is 27.4. The number of carbonyl (C=O) groups excluding carboxylic acids is 2. The molecule has 1 unspecified atom stereocenters. The van der Waals surface area contributed by atoms with E-state index < -0.39 is 17.7 Å². The van der Waals surface area contributed by atoms with Crippen molar-refractivity contribution in [3.05, 3.63) is 95.1 Å². The molecule has 7 heteroatoms. The van der Waals surface area contributed by atoms with E-state index in [0.717, 1.165) is 0 Å². The van der Waals surface area contributed by atoms with Crippen LogP contribution in [-0.2, 0) is 9.59 Å². The van der Waals surface area contributed by atoms with E-state index in [-0.39, 0.29) is 17.4 Å². The molecule has 1 fully saturated rings. The second-order valence-corrected chi connectivity index (χ2v) is 9.80. The second kappa shape index (κ2) is 11.2. The third kappa shape index (κ3) is 5.55. The Morgan fingerprint density at radius 1 is 0.974 bits per heavy atom. The fourth-order valence-electron chi connectivity index (χ4n) is 4.26. The van der Waals surface area contributed by atoms with Crippen molar-refractivity contribution < 1.29 is 24.2 Å². The molecule has 3 aromatic rings. The standard InChI is InChI=1S/C31H30N2O5/c1-19(2)18-37-26-7-5-6-23(16-26)29(34)27-28(22-10-14-25(15-11-22)38-20(3)4)33(31(36)30(27)35)24-12-8-21(17-32)9-13-24/h5-16,19-20,28,34H,18H2,1-4H3/b29-27-. The first-order chi connectivity index (χ1) is 18.2. The molecular formula is C31H30N2O5. The van der Waals surface area contributed by atoms with Gasteiger partial charge in [0.1, 0.15) is 17.3 Å². The predicted molar refractivity (Wildman–Crippen MR) is 145 cm³/mol. The molecule has 1 heterocycles. The van der Waals surface area contributed by atoms with Crippen LogP contribution in [0.1, 0.15) is 50.4 Å². The molecule has 1 atom stereocenters. The molecule has 0 aliphatic carbocycles. The maximum absolute atomic E-state index is 13.4. The Bertz CT molecular complexity index is 1400. The lowest BCUT2D eigenvalue weighted by atomic mass is 9.95. The van der Waals surface area contributed by atoms with Crippen molar-refractivity contribution in [2.75, 3.05) is 11.5 Å². The SMILES string of the molecule is CC(C)COc1cccc(/C(O)=C2/C(=O)C(=O)N(c3ccc(C#N)cc3)C2c2ccc(OC(C)C)cc2)c1. The molecule has 1 amide bonds. The number of ketones is 1. The van der Waals surface area contributed by atoms with E-state index in [9.17, 15) is 20.0 Å². The molecule has 0 saturated carbocycles. The number of aliphatic hydroxyl groups excluding tert-OH is 1. The summed E-state index contributed by atoms with van der Waals surface area (Å²) in [5.74, 6) is -0.344. The highest BCUT2D eigenvalue weighted by Crippen LogP contribution is 2.42. The van der Waals surface area contributed by atoms with Crippen LogP contribution >= 0.6 is 0 Å². The van der Waals surface area contributed by atoms with Gasteiger partial charge in [-0.3, -0.25) is 14.5 Å². The number of Topliss-reactive ketones (excluding diaryl/α,β-unsaturated/α-hetero) is 1. The average Bonchev–Trinajstić information content (AvgIpc) is 3.17. The molecule has 1 N–H and O–H groups in total. The molecule has 0 aromatic heterocycles. The Balaban J connectivity index is 1.84. The van der Waals surface area contributed by atoms with Crippen LogP contribution in [0, 0.1) is 17.2 Å². The van der Waals surface area contributed by atoms with Crippen LogP contribution in [0.4, 0.5) is 5.69 Å². The monoisotopic (exact) mass is 510 g/mol. The van der Waals surface area contributed by atoms with Gasteiger partial charge in [-0.05, 0) is 73.9 Å². The summed E-state index contributed by atoms with van der Waals surface area (Å²) in [4.78, 5) is 28.1. The van der Waals surface area contributed by atoms with Crippen molar-refractivity contribution >= 4 is 23.1 Å². The van der Waals surface area contributed by atoms with Gasteiger partial charge in [0, 0.05) is 11.3 Å². The summed E-state index contributed by atoms with van der Waals surface area (Å²) in [5, 5.41) is 20.6. The molecule has 7 nitrogen and oxygen atoms in total. The lowest BCUT2D eigenvalue weighted by Crippen LogP contribution is -2.29. The van der Waals surface area contributed by atoms with Gasteiger partial charge in [0.25, 0.3) is 11.7 Å². The molecule has 0 spiro atoms. The predicted octanol–water partition coefficient (Wildman–Crippen LogP) is 6.01. The maximum Gasteiger partial charge on any atom is 0.300 e. The van der Waals surface area contributed by atoms with E-state index in [1.165, 1.54) is 4.90 Å². The van der Waals surface area contributed by atoms with Crippen molar-refractivity contribution in [1.82, 2.24) is 0 Å². The minimum absolute atomic E-state index is 0.0182. The zero-order valence-electron chi connectivity index (χ0n) is 21.8. The van der Waals surface area contributed by atoms with Crippen LogP contribution < -0.4 is 14.4 Å². The summed E-state index contributed by atoms with van der Waals surface area (Å²) >= 11 is 0. The minimum Gasteiger partial charge on any atom is -0.507 e. The molecule has 194 valence electrons. The molecular weight excluding hydrogens is 480 g/mol. The number of nitriles is 1. The summed E-state index contributed by atoms with van der Waals surface area (Å²) < 4.78 is 11.6. The van der Waals surface area contributed by atoms with Crippen LogP contribution in [0.25, 0.3) is 5.76 Å². The summed E-state index contributed by atoms with van der Waals surface area (Å²) in [5.41, 5.74) is 1.83. The topological polar surface area (TPSA) is 99.9 Å². The number of ether oxygens (including phenoxy) is 2. The van der Waals surface area contributed by atoms with E-state index in [0.29, 0.717) is 46.4 Å². The number of anilines is 1. The van der Waals surface area contributed by atoms with Gasteiger partial charge in [0.05, 0.1) is 36.0 Å². The fraction of sp³-hybridized carbons (Fsp3) is 0.258. The highest BCUT2D eigenvalue weighted by atomic mass is 16.5. The van der Waals surface area contributed by atoms with Crippen LogP contribution in [0.3, 0.4) is 0 Å². The van der Waals surface area contributed by atoms with E-state index in [4.69, 9.17) is 9.47 Å². The van der Waals surface area contributed by atoms with Gasteiger partial charge in [0.15, 0.2) is 0 Å². The third-order valence-corrected chi connectivity index (χ3v) is 5.98. The number of carbonyl (C=O) groups is 2. The Kier molecular flexibility index (Phi) is 7.82. The third-order valence-electron chi connectivity index (χ3n) is 5.98. The van der Waals surface area contributed by atoms with Crippen molar-refractivity contribution in [3.8, 4) is 17.6 Å². The fourth-order valence-corrected chi connectivity index (χ4v) is 4.26. The van der Waals surface area contributed by atoms with E-state index in [1.54, 1.807) is 72.8 Å². The summed E-state index contributed by atoms with van der Waals surface area (Å²) in [6.45, 7) is 8.41. The molecule has 38 heavy (non-hydrogen) atoms. The number of aliphatic hydroxyl groups is 1. The number of nitrogens with zero attached hydrogens (tertiary/aromatic N) is 2. The molecule has 4 rings (SSSR count). The number of hydrogen-bond acceptors (Lipinski definition) is 6. The first-order valence-electron chi connectivity index (χ1n) is 12.5. The smallest absolute Gasteiger partial charge is 0.300 e. The van der Waals surface area contributed by atoms with E-state index in [1.807, 2.05) is 27.7 Å². The summed E-state index contributed by atoms with van der Waals surface area (Å²) in [6.07, 6.45) is -0.0182. The molecule has 3 aromatic carbocycles. The number of rotatable bonds is 8. The van der Waals surface area contributed by atoms with Gasteiger partial charge in [-0.15, -0.1) is 0 Å². The lowest BCUT2D eigenvalue weighted by Gasteiger charge is -2.25. The Morgan fingerprint density at radius 3 is 2.26 bits per heavy atom. The first-order valence-corrected chi connectivity index (χ1v) is 12.5. The zero-order valence-corrected chi connectivity index (χ0v) is 21.8. The Labute approximate surface area is 222 Å². The number of amides is 1. The number of benzene rings is 3. The van der Waals surface area contributed by atoms with Gasteiger partial charge >= 0.3 is 0 Å². The van der Waals surface area contributed by atoms with Crippen LogP contribution in [0.2, 0.25) is 0 Å². The van der Waals surface area contributed by atoms with Gasteiger partial charge in [-0.2, -0.15) is 5.26 Å². The van der Waals surface area contributed by atoms with Crippen LogP contribution in [0.15, 0.2) is 78.4 Å². The second-order valence-electron chi connectivity index (χ2n) is 9.80. The largest absolute Gasteiger partial charge is 0.507 e. The van der Waals surface area contributed by atoms with Crippen molar-refractivity contribution in [2.24, 2.45) is 5.92 Å². The molecule has 0 radical (unpaired) electrons. The van der Waals surface area contributed by atoms with Gasteiger partial charge < -0.3 is 14.6 Å². The highest BCUT2D eigenvalue weighted by molar-refractivity contribution is 6.51. The summed E-state index contributed by atoms with van der Waals surface area (Å²) in [6, 6.07) is 21.5. The van der Waals surface area contributed by atoms with E-state index in [2.05, 4.69) is 6.07 Å². The molecule has 1 aliphatic rings. The van der Waals surface area contributed by atoms with Gasteiger partial charge in [0.2, 0.25) is 0 Å². The van der Waals surface area contributed by atoms with Gasteiger partial charge in [-0.25, -0.2) is 0 Å². The normalized spacial score (nSPS) is 16.7. The van der Waals surface area contributed by atoms with Crippen molar-refractivity contribution in [2.45, 2.75) is 39.8 Å². The van der Waals surface area contributed by atoms with Crippen LogP contribution in [0.5, 0.6) is 11.5 Å². The lowest BCUT2D eigenvalue weighted by molar-refractivity contribution is -0.132. The molecule has 0 bridgehead atoms. The van der Waals surface area contributed by atoms with Crippen LogP contribution in [-0.4, -0.2) is 29.5 Å². The minimum atomic E-state index is -0.892. The van der Waals surface area contributed by atoms with Gasteiger partial charge in [-0.1, -0.05) is 38.1 Å². The van der Waals surface area contributed by atoms with E-state index >= 15 is 0 Å². The highest BCUT2D eigenvalue weighted by Gasteiger charge is 2.47. The molecule has 1 aliphatic heterocycles. The quantitative estimate of drug-likeness (QED) is 0.226. The maximum atomic E-state index is 13.4. The first kappa shape index (κ1) is 26.5. The molecule has 1 saturated heterocycles. The Hall–Kier alpha value is -4.57. The number of hydrogen-bond donors (Lipinski definition) is 1. The van der Waals surface area contributed by atoms with Crippen molar-refractivity contribution in [1.29, 1.82) is 5.26 Å². The summed E-state index contributed by atoms with van der Waals surface area (Å²) in [7, 11) is 0.